The van der Waals surface area contributed by atoms with Gasteiger partial charge in [-0.25, -0.2) is 0 Å². The van der Waals surface area contributed by atoms with Gasteiger partial charge in [-0.3, -0.25) is 9.59 Å². The van der Waals surface area contributed by atoms with Gasteiger partial charge in [-0.2, -0.15) is 13.2 Å². The smallest absolute Gasteiger partial charge is 0.352 e. The maximum atomic E-state index is 12.8. The van der Waals surface area contributed by atoms with Crippen LogP contribution in [0.25, 0.3) is 0 Å². The van der Waals surface area contributed by atoms with E-state index >= 15 is 0 Å². The zero-order valence-electron chi connectivity index (χ0n) is 18.8. The van der Waals surface area contributed by atoms with Crippen molar-refractivity contribution in [2.24, 2.45) is 5.92 Å². The number of nitrogens with one attached hydrogen (secondary N) is 2. The van der Waals surface area contributed by atoms with Crippen LogP contribution in [0.2, 0.25) is 0 Å². The van der Waals surface area contributed by atoms with Crippen molar-refractivity contribution in [1.82, 2.24) is 15.5 Å². The van der Waals surface area contributed by atoms with Crippen molar-refractivity contribution in [3.63, 3.8) is 0 Å². The van der Waals surface area contributed by atoms with Crippen LogP contribution in [0.4, 0.5) is 13.2 Å². The fourth-order valence-corrected chi connectivity index (χ4v) is 4.27. The largest absolute Gasteiger partial charge is 0.416 e. The predicted octanol–water partition coefficient (Wildman–Crippen LogP) is 4.23. The number of nitrogens with zero attached hydrogens (tertiary/aromatic N) is 1. The van der Waals surface area contributed by atoms with E-state index in [-0.39, 0.29) is 24.1 Å². The van der Waals surface area contributed by atoms with E-state index in [2.05, 4.69) is 43.4 Å². The highest BCUT2D eigenvalue weighted by molar-refractivity contribution is 5.96. The molecule has 0 bridgehead atoms. The van der Waals surface area contributed by atoms with Gasteiger partial charge in [0.15, 0.2) is 0 Å². The maximum absolute atomic E-state index is 12.8. The van der Waals surface area contributed by atoms with Gasteiger partial charge in [-0.1, -0.05) is 19.4 Å². The third kappa shape index (κ3) is 7.23. The average Bonchev–Trinajstić information content (AvgIpc) is 2.72. The van der Waals surface area contributed by atoms with E-state index in [1.165, 1.54) is 12.1 Å². The normalized spacial score (nSPS) is 21.9. The van der Waals surface area contributed by atoms with Gasteiger partial charge in [-0.15, -0.1) is 0 Å². The van der Waals surface area contributed by atoms with E-state index in [1.54, 1.807) is 0 Å². The highest BCUT2D eigenvalue weighted by atomic mass is 19.4. The van der Waals surface area contributed by atoms with Crippen LogP contribution in [-0.4, -0.2) is 48.4 Å². The second kappa shape index (κ2) is 11.0. The molecule has 0 unspecified atom stereocenters. The van der Waals surface area contributed by atoms with Crippen LogP contribution in [-0.2, 0) is 11.0 Å². The number of rotatable bonds is 8. The molecule has 5 nitrogen and oxygen atoms in total. The summed E-state index contributed by atoms with van der Waals surface area (Å²) in [5.74, 6) is -0.649. The second-order valence-corrected chi connectivity index (χ2v) is 8.71. The summed E-state index contributed by atoms with van der Waals surface area (Å²) in [5, 5.41) is 5.46. The summed E-state index contributed by atoms with van der Waals surface area (Å²) in [5.41, 5.74) is -1.01. The molecule has 0 saturated heterocycles. The molecule has 0 heterocycles. The molecule has 2 amide bonds. The summed E-state index contributed by atoms with van der Waals surface area (Å²) < 4.78 is 38.5. The molecule has 0 spiro atoms. The van der Waals surface area contributed by atoms with Crippen molar-refractivity contribution in [2.75, 3.05) is 13.6 Å². The number of hydrogen-bond acceptors (Lipinski definition) is 3. The Morgan fingerprint density at radius 2 is 1.94 bits per heavy atom. The molecule has 1 aromatic rings. The first-order valence-electron chi connectivity index (χ1n) is 11.0. The number of amides is 2. The third-order valence-electron chi connectivity index (χ3n) is 6.21. The van der Waals surface area contributed by atoms with Gasteiger partial charge in [-0.05, 0) is 70.7 Å². The molecule has 1 aliphatic carbocycles. The zero-order valence-corrected chi connectivity index (χ0v) is 18.8. The maximum Gasteiger partial charge on any atom is 0.416 e. The minimum Gasteiger partial charge on any atom is -0.352 e. The Morgan fingerprint density at radius 3 is 2.55 bits per heavy atom. The molecule has 2 N–H and O–H groups in total. The Morgan fingerprint density at radius 1 is 1.23 bits per heavy atom. The lowest BCUT2D eigenvalue weighted by molar-refractivity contribution is -0.137. The third-order valence-corrected chi connectivity index (χ3v) is 6.21. The Hall–Kier alpha value is -2.09. The number of carbonyl (C=O) groups is 2. The predicted molar refractivity (Wildman–Crippen MR) is 115 cm³/mol. The molecule has 1 fully saturated rings. The Balaban J connectivity index is 1.91. The van der Waals surface area contributed by atoms with Crippen LogP contribution >= 0.6 is 0 Å². The quantitative estimate of drug-likeness (QED) is 0.635. The molecule has 0 aliphatic heterocycles. The molecule has 8 heteroatoms. The van der Waals surface area contributed by atoms with Gasteiger partial charge in [0.1, 0.15) is 0 Å². The van der Waals surface area contributed by atoms with Crippen molar-refractivity contribution >= 4 is 11.8 Å². The second-order valence-electron chi connectivity index (χ2n) is 8.71. The lowest BCUT2D eigenvalue weighted by Crippen LogP contribution is -2.51. The standard InChI is InChI=1S/C23H34F3N3O2/c1-5-7-16-13-19(29(4)15(2)3)10-11-20(16)28-21(30)14-27-22(31)17-8-6-9-18(12-17)23(24,25)26/h6,8-9,12,15-16,19-20H,5,7,10-11,13-14H2,1-4H3,(H,27,31)(H,28,30)/t16-,19-,20-/m0/s1. The minimum atomic E-state index is -4.52. The SMILES string of the molecule is CCC[C@H]1C[C@@H](N(C)C(C)C)CC[C@@H]1NC(=O)CNC(=O)c1cccc(C(F)(F)F)c1. The fourth-order valence-electron chi connectivity index (χ4n) is 4.27. The van der Waals surface area contributed by atoms with Gasteiger partial charge >= 0.3 is 6.18 Å². The van der Waals surface area contributed by atoms with Crippen LogP contribution in [0.3, 0.4) is 0 Å². The van der Waals surface area contributed by atoms with Gasteiger partial charge in [0, 0.05) is 23.7 Å². The summed E-state index contributed by atoms with van der Waals surface area (Å²) in [6.07, 6.45) is 0.413. The van der Waals surface area contributed by atoms with Gasteiger partial charge in [0.2, 0.25) is 5.91 Å². The first kappa shape index (κ1) is 25.2. The summed E-state index contributed by atoms with van der Waals surface area (Å²) in [4.78, 5) is 27.0. The van der Waals surface area contributed by atoms with Crippen molar-refractivity contribution in [2.45, 2.75) is 77.2 Å². The number of hydrogen-bond donors (Lipinski definition) is 2. The Kier molecular flexibility index (Phi) is 8.91. The van der Waals surface area contributed by atoms with Crippen molar-refractivity contribution in [3.05, 3.63) is 35.4 Å². The van der Waals surface area contributed by atoms with Gasteiger partial charge < -0.3 is 15.5 Å². The summed E-state index contributed by atoms with van der Waals surface area (Å²) in [6.45, 7) is 6.22. The van der Waals surface area contributed by atoms with E-state index in [0.29, 0.717) is 18.0 Å². The van der Waals surface area contributed by atoms with E-state index in [9.17, 15) is 22.8 Å². The summed E-state index contributed by atoms with van der Waals surface area (Å²) in [6, 6.07) is 5.18. The van der Waals surface area contributed by atoms with Crippen LogP contribution in [0.1, 0.15) is 68.8 Å². The molecule has 2 rings (SSSR count). The van der Waals surface area contributed by atoms with Crippen molar-refractivity contribution < 1.29 is 22.8 Å². The molecule has 0 aromatic heterocycles. The van der Waals surface area contributed by atoms with Crippen LogP contribution < -0.4 is 10.6 Å². The summed E-state index contributed by atoms with van der Waals surface area (Å²) in [7, 11) is 2.14. The monoisotopic (exact) mass is 441 g/mol. The molecule has 1 saturated carbocycles. The van der Waals surface area contributed by atoms with Gasteiger partial charge in [0.05, 0.1) is 12.1 Å². The number of benzene rings is 1. The highest BCUT2D eigenvalue weighted by Gasteiger charge is 2.33. The Labute approximate surface area is 182 Å². The molecule has 31 heavy (non-hydrogen) atoms. The Bertz CT molecular complexity index is 752. The zero-order chi connectivity index (χ0) is 23.2. The molecular formula is C23H34F3N3O2. The molecule has 174 valence electrons. The van der Waals surface area contributed by atoms with E-state index < -0.39 is 17.6 Å². The van der Waals surface area contributed by atoms with Crippen molar-refractivity contribution in [1.29, 1.82) is 0 Å². The number of carbonyl (C=O) groups excluding carboxylic acids is 2. The molecule has 3 atom stereocenters. The van der Waals surface area contributed by atoms with Crippen LogP contribution in [0, 0.1) is 5.92 Å². The van der Waals surface area contributed by atoms with Gasteiger partial charge in [0.25, 0.3) is 5.91 Å². The van der Waals surface area contributed by atoms with E-state index in [4.69, 9.17) is 0 Å². The lowest BCUT2D eigenvalue weighted by atomic mass is 9.78. The first-order chi connectivity index (χ1) is 14.5. The van der Waals surface area contributed by atoms with E-state index in [1.807, 2.05) is 0 Å². The molecule has 1 aromatic carbocycles. The molecule has 1 aliphatic rings. The number of halogens is 3. The topological polar surface area (TPSA) is 61.4 Å². The highest BCUT2D eigenvalue weighted by Crippen LogP contribution is 2.32. The number of alkyl halides is 3. The average molecular weight is 442 g/mol. The van der Waals surface area contributed by atoms with E-state index in [0.717, 1.165) is 44.2 Å². The fraction of sp³-hybridized carbons (Fsp3) is 0.652. The minimum absolute atomic E-state index is 0.0507. The molecular weight excluding hydrogens is 407 g/mol. The summed E-state index contributed by atoms with van der Waals surface area (Å²) >= 11 is 0. The van der Waals surface area contributed by atoms with Crippen LogP contribution in [0.5, 0.6) is 0 Å². The van der Waals surface area contributed by atoms with Crippen LogP contribution in [0.15, 0.2) is 24.3 Å². The molecule has 0 radical (unpaired) electrons. The van der Waals surface area contributed by atoms with Crippen molar-refractivity contribution in [3.8, 4) is 0 Å². The first-order valence-corrected chi connectivity index (χ1v) is 11.0. The lowest BCUT2D eigenvalue weighted by Gasteiger charge is -2.41.